The van der Waals surface area contributed by atoms with Gasteiger partial charge in [0.05, 0.1) is 6.61 Å². The number of hydrogen-bond acceptors (Lipinski definition) is 3. The van der Waals surface area contributed by atoms with Crippen LogP contribution in [-0.4, -0.2) is 9.55 Å². The maximum absolute atomic E-state index is 12.3. The third-order valence-corrected chi connectivity index (χ3v) is 4.11. The lowest BCUT2D eigenvalue weighted by atomic mass is 10.1. The van der Waals surface area contributed by atoms with Crippen molar-refractivity contribution in [1.82, 2.24) is 9.55 Å². The highest BCUT2D eigenvalue weighted by Crippen LogP contribution is 2.10. The van der Waals surface area contributed by atoms with Crippen LogP contribution in [0.3, 0.4) is 0 Å². The predicted octanol–water partition coefficient (Wildman–Crippen LogP) is 2.61. The summed E-state index contributed by atoms with van der Waals surface area (Å²) >= 11 is 0. The molecule has 1 aromatic heterocycles. The molecule has 0 spiro atoms. The van der Waals surface area contributed by atoms with Crippen LogP contribution in [0.25, 0.3) is 0 Å². The van der Waals surface area contributed by atoms with Gasteiger partial charge in [-0.3, -0.25) is 14.3 Å². The molecule has 2 aromatic carbocycles. The standard InChI is InChI=1S/C20H20N2O3/c1-15-18(12-16-8-4-2-5-9-16)22(20(24)21-19(15)23)14-25-13-17-10-6-3-7-11-17/h2-11H,12-14H2,1H3,(H,21,23,24). The summed E-state index contributed by atoms with van der Waals surface area (Å²) in [6.45, 7) is 2.22. The number of nitrogens with zero attached hydrogens (tertiary/aromatic N) is 1. The highest BCUT2D eigenvalue weighted by Gasteiger charge is 2.12. The van der Waals surface area contributed by atoms with Gasteiger partial charge in [0.25, 0.3) is 5.56 Å². The minimum Gasteiger partial charge on any atom is -0.356 e. The van der Waals surface area contributed by atoms with Crippen LogP contribution in [0.2, 0.25) is 0 Å². The highest BCUT2D eigenvalue weighted by molar-refractivity contribution is 5.26. The minimum atomic E-state index is -0.449. The van der Waals surface area contributed by atoms with Crippen LogP contribution in [0.5, 0.6) is 0 Å². The van der Waals surface area contributed by atoms with E-state index in [0.717, 1.165) is 11.1 Å². The van der Waals surface area contributed by atoms with Crippen molar-refractivity contribution < 1.29 is 4.74 Å². The van der Waals surface area contributed by atoms with Crippen molar-refractivity contribution in [2.24, 2.45) is 0 Å². The van der Waals surface area contributed by atoms with Gasteiger partial charge in [0.2, 0.25) is 0 Å². The summed E-state index contributed by atoms with van der Waals surface area (Å²) in [6, 6.07) is 19.5. The molecule has 0 bridgehead atoms. The van der Waals surface area contributed by atoms with E-state index in [2.05, 4.69) is 4.98 Å². The number of aromatic amines is 1. The monoisotopic (exact) mass is 336 g/mol. The van der Waals surface area contributed by atoms with E-state index in [1.165, 1.54) is 4.57 Å². The second-order valence-corrected chi connectivity index (χ2v) is 5.88. The van der Waals surface area contributed by atoms with E-state index >= 15 is 0 Å². The predicted molar refractivity (Wildman–Crippen MR) is 96.5 cm³/mol. The van der Waals surface area contributed by atoms with E-state index in [4.69, 9.17) is 4.74 Å². The zero-order valence-corrected chi connectivity index (χ0v) is 14.1. The number of aromatic nitrogens is 2. The fourth-order valence-corrected chi connectivity index (χ4v) is 2.70. The summed E-state index contributed by atoms with van der Waals surface area (Å²) in [5, 5.41) is 0. The van der Waals surface area contributed by atoms with Gasteiger partial charge in [-0.1, -0.05) is 60.7 Å². The van der Waals surface area contributed by atoms with Gasteiger partial charge in [-0.2, -0.15) is 0 Å². The Morgan fingerprint density at radius 3 is 2.16 bits per heavy atom. The van der Waals surface area contributed by atoms with Crippen molar-refractivity contribution in [2.75, 3.05) is 0 Å². The van der Waals surface area contributed by atoms with E-state index in [9.17, 15) is 9.59 Å². The lowest BCUT2D eigenvalue weighted by molar-refractivity contribution is 0.0590. The second-order valence-electron chi connectivity index (χ2n) is 5.88. The number of benzene rings is 2. The van der Waals surface area contributed by atoms with Crippen LogP contribution in [0.15, 0.2) is 70.3 Å². The molecule has 5 heteroatoms. The third-order valence-electron chi connectivity index (χ3n) is 4.11. The Balaban J connectivity index is 1.85. The van der Waals surface area contributed by atoms with Crippen molar-refractivity contribution >= 4 is 0 Å². The lowest BCUT2D eigenvalue weighted by Crippen LogP contribution is -2.35. The summed E-state index contributed by atoms with van der Waals surface area (Å²) in [4.78, 5) is 26.6. The Morgan fingerprint density at radius 2 is 1.52 bits per heavy atom. The average Bonchev–Trinajstić information content (AvgIpc) is 2.63. The number of ether oxygens (including phenoxy) is 1. The van der Waals surface area contributed by atoms with E-state index in [1.807, 2.05) is 60.7 Å². The van der Waals surface area contributed by atoms with Gasteiger partial charge in [-0.25, -0.2) is 4.79 Å². The zero-order chi connectivity index (χ0) is 17.6. The molecular formula is C20H20N2O3. The van der Waals surface area contributed by atoms with Gasteiger partial charge < -0.3 is 4.74 Å². The van der Waals surface area contributed by atoms with E-state index in [1.54, 1.807) is 6.92 Å². The van der Waals surface area contributed by atoms with Gasteiger partial charge in [0.1, 0.15) is 6.73 Å². The van der Waals surface area contributed by atoms with Crippen molar-refractivity contribution in [3.05, 3.63) is 104 Å². The molecule has 5 nitrogen and oxygen atoms in total. The Labute approximate surface area is 145 Å². The van der Waals surface area contributed by atoms with E-state index < -0.39 is 5.69 Å². The zero-order valence-electron chi connectivity index (χ0n) is 14.1. The van der Waals surface area contributed by atoms with Gasteiger partial charge in [0.15, 0.2) is 0 Å². The molecule has 0 unspecified atom stereocenters. The third kappa shape index (κ3) is 4.14. The second kappa shape index (κ2) is 7.77. The molecule has 3 rings (SSSR count). The van der Waals surface area contributed by atoms with E-state index in [0.29, 0.717) is 24.3 Å². The van der Waals surface area contributed by atoms with E-state index in [-0.39, 0.29) is 12.3 Å². The Morgan fingerprint density at radius 1 is 0.920 bits per heavy atom. The number of hydrogen-bond donors (Lipinski definition) is 1. The summed E-state index contributed by atoms with van der Waals surface area (Å²) in [7, 11) is 0. The molecule has 25 heavy (non-hydrogen) atoms. The first-order chi connectivity index (χ1) is 12.1. The van der Waals surface area contributed by atoms with Gasteiger partial charge in [-0.05, 0) is 18.1 Å². The average molecular weight is 336 g/mol. The summed E-state index contributed by atoms with van der Waals surface area (Å²) < 4.78 is 7.19. The quantitative estimate of drug-likeness (QED) is 0.752. The smallest absolute Gasteiger partial charge is 0.330 e. The first kappa shape index (κ1) is 16.9. The lowest BCUT2D eigenvalue weighted by Gasteiger charge is -2.15. The molecule has 0 atom stereocenters. The molecule has 1 heterocycles. The number of H-pyrrole nitrogens is 1. The fourth-order valence-electron chi connectivity index (χ4n) is 2.70. The number of nitrogens with one attached hydrogen (secondary N) is 1. The summed E-state index contributed by atoms with van der Waals surface area (Å²) in [5.74, 6) is 0. The van der Waals surface area contributed by atoms with Crippen LogP contribution >= 0.6 is 0 Å². The highest BCUT2D eigenvalue weighted by atomic mass is 16.5. The van der Waals surface area contributed by atoms with Crippen molar-refractivity contribution in [3.8, 4) is 0 Å². The van der Waals surface area contributed by atoms with Gasteiger partial charge in [-0.15, -0.1) is 0 Å². The molecule has 1 N–H and O–H groups in total. The molecule has 0 aliphatic carbocycles. The molecule has 3 aromatic rings. The first-order valence-electron chi connectivity index (χ1n) is 8.13. The Bertz CT molecular complexity index is 944. The molecule has 0 amide bonds. The maximum atomic E-state index is 12.3. The van der Waals surface area contributed by atoms with Crippen LogP contribution in [-0.2, 0) is 24.5 Å². The van der Waals surface area contributed by atoms with Crippen molar-refractivity contribution in [2.45, 2.75) is 26.7 Å². The van der Waals surface area contributed by atoms with Gasteiger partial charge >= 0.3 is 5.69 Å². The fraction of sp³-hybridized carbons (Fsp3) is 0.200. The van der Waals surface area contributed by atoms with Crippen LogP contribution in [0.1, 0.15) is 22.4 Å². The molecule has 0 aliphatic rings. The number of rotatable bonds is 6. The molecule has 0 radical (unpaired) electrons. The first-order valence-corrected chi connectivity index (χ1v) is 8.13. The molecule has 128 valence electrons. The van der Waals surface area contributed by atoms with Crippen LogP contribution in [0.4, 0.5) is 0 Å². The summed E-state index contributed by atoms with van der Waals surface area (Å²) in [6.07, 6.45) is 0.501. The maximum Gasteiger partial charge on any atom is 0.330 e. The molecule has 0 aliphatic heterocycles. The molecule has 0 saturated carbocycles. The minimum absolute atomic E-state index is 0.0908. The molecule has 0 saturated heterocycles. The normalized spacial score (nSPS) is 10.8. The topological polar surface area (TPSA) is 64.1 Å². The Kier molecular flexibility index (Phi) is 5.26. The molecule has 0 fully saturated rings. The van der Waals surface area contributed by atoms with Crippen LogP contribution < -0.4 is 11.2 Å². The molecular weight excluding hydrogens is 316 g/mol. The van der Waals surface area contributed by atoms with Crippen molar-refractivity contribution in [3.63, 3.8) is 0 Å². The Hall–Kier alpha value is -2.92. The largest absolute Gasteiger partial charge is 0.356 e. The van der Waals surface area contributed by atoms with Gasteiger partial charge in [0, 0.05) is 17.7 Å². The summed E-state index contributed by atoms with van der Waals surface area (Å²) in [5.41, 5.74) is 2.47. The van der Waals surface area contributed by atoms with Crippen molar-refractivity contribution in [1.29, 1.82) is 0 Å². The SMILES string of the molecule is Cc1c(Cc2ccccc2)n(COCc2ccccc2)c(=O)[nH]c1=O. The van der Waals surface area contributed by atoms with Crippen LogP contribution in [0, 0.1) is 6.92 Å².